The van der Waals surface area contributed by atoms with Crippen molar-refractivity contribution in [1.82, 2.24) is 4.98 Å². The molecule has 1 aromatic rings. The van der Waals surface area contributed by atoms with E-state index in [0.717, 1.165) is 31.7 Å². The van der Waals surface area contributed by atoms with E-state index in [-0.39, 0.29) is 17.4 Å². The Morgan fingerprint density at radius 1 is 1.19 bits per heavy atom. The van der Waals surface area contributed by atoms with Crippen molar-refractivity contribution >= 4 is 5.82 Å². The normalized spacial score (nSPS) is 17.9. The Balaban J connectivity index is 2.43. The molecule has 0 saturated heterocycles. The first-order chi connectivity index (χ1) is 7.48. The van der Waals surface area contributed by atoms with Gasteiger partial charge in [0.25, 0.3) is 0 Å². The van der Waals surface area contributed by atoms with E-state index >= 15 is 0 Å². The molecule has 1 aliphatic rings. The molecule has 2 rings (SSSR count). The molecule has 5 heteroatoms. The van der Waals surface area contributed by atoms with Crippen molar-refractivity contribution < 1.29 is 13.2 Å². The van der Waals surface area contributed by atoms with Gasteiger partial charge < -0.3 is 5.73 Å². The molecule has 1 aliphatic carbocycles. The molecular weight excluding hydrogens is 217 g/mol. The molecule has 0 aromatic carbocycles. The number of rotatable bonds is 1. The first kappa shape index (κ1) is 11.2. The van der Waals surface area contributed by atoms with Gasteiger partial charge >= 0.3 is 6.18 Å². The summed E-state index contributed by atoms with van der Waals surface area (Å²) in [6.45, 7) is 0. The van der Waals surface area contributed by atoms with Gasteiger partial charge in [-0.1, -0.05) is 12.8 Å². The molecule has 0 spiro atoms. The molecule has 2 nitrogen and oxygen atoms in total. The number of alkyl halides is 3. The van der Waals surface area contributed by atoms with Gasteiger partial charge in [0.15, 0.2) is 0 Å². The minimum atomic E-state index is -4.33. The van der Waals surface area contributed by atoms with Crippen molar-refractivity contribution in [3.63, 3.8) is 0 Å². The lowest BCUT2D eigenvalue weighted by Gasteiger charge is -2.16. The van der Waals surface area contributed by atoms with Gasteiger partial charge in [0.1, 0.15) is 5.82 Å². The number of hydrogen-bond donors (Lipinski definition) is 1. The van der Waals surface area contributed by atoms with Gasteiger partial charge in [-0.2, -0.15) is 13.2 Å². The van der Waals surface area contributed by atoms with Crippen molar-refractivity contribution in [1.29, 1.82) is 0 Å². The topological polar surface area (TPSA) is 38.9 Å². The van der Waals surface area contributed by atoms with E-state index in [0.29, 0.717) is 0 Å². The van der Waals surface area contributed by atoms with Gasteiger partial charge in [-0.05, 0) is 25.0 Å². The Morgan fingerprint density at radius 2 is 1.81 bits per heavy atom. The summed E-state index contributed by atoms with van der Waals surface area (Å²) in [6, 6.07) is 2.25. The maximum absolute atomic E-state index is 12.8. The van der Waals surface area contributed by atoms with E-state index in [2.05, 4.69) is 4.98 Å². The summed E-state index contributed by atoms with van der Waals surface area (Å²) >= 11 is 0. The number of halogens is 3. The number of nitrogens with two attached hydrogens (primary N) is 1. The van der Waals surface area contributed by atoms with Crippen LogP contribution in [-0.4, -0.2) is 4.98 Å². The molecule has 0 amide bonds. The van der Waals surface area contributed by atoms with Crippen molar-refractivity contribution in [2.75, 3.05) is 5.73 Å². The molecule has 88 valence electrons. The highest BCUT2D eigenvalue weighted by Crippen LogP contribution is 2.40. The first-order valence-corrected chi connectivity index (χ1v) is 5.32. The summed E-state index contributed by atoms with van der Waals surface area (Å²) in [6.07, 6.45) is -0.839. The molecule has 0 atom stereocenters. The third-order valence-corrected chi connectivity index (χ3v) is 2.99. The zero-order chi connectivity index (χ0) is 11.8. The molecule has 1 saturated carbocycles. The fourth-order valence-corrected chi connectivity index (χ4v) is 2.24. The predicted molar refractivity (Wildman–Crippen MR) is 54.9 cm³/mol. The minimum absolute atomic E-state index is 0.0832. The largest absolute Gasteiger partial charge is 0.418 e. The Labute approximate surface area is 91.7 Å². The van der Waals surface area contributed by atoms with E-state index < -0.39 is 11.7 Å². The average molecular weight is 230 g/mol. The number of hydrogen-bond acceptors (Lipinski definition) is 2. The Hall–Kier alpha value is -1.26. The SMILES string of the molecule is Nc1ccc(C(F)(F)F)c(C2CCCC2)n1. The van der Waals surface area contributed by atoms with Crippen LogP contribution < -0.4 is 5.73 Å². The van der Waals surface area contributed by atoms with E-state index in [1.165, 1.54) is 6.07 Å². The minimum Gasteiger partial charge on any atom is -0.384 e. The number of nitrogens with zero attached hydrogens (tertiary/aromatic N) is 1. The summed E-state index contributed by atoms with van der Waals surface area (Å²) in [5.41, 5.74) is 4.96. The van der Waals surface area contributed by atoms with Crippen LogP contribution in [-0.2, 0) is 6.18 Å². The van der Waals surface area contributed by atoms with Gasteiger partial charge in [-0.25, -0.2) is 4.98 Å². The van der Waals surface area contributed by atoms with Crippen molar-refractivity contribution in [2.45, 2.75) is 37.8 Å². The molecule has 1 heterocycles. The lowest BCUT2D eigenvalue weighted by molar-refractivity contribution is -0.138. The summed E-state index contributed by atoms with van der Waals surface area (Å²) in [5.74, 6) is 0.0787. The molecule has 0 aliphatic heterocycles. The van der Waals surface area contributed by atoms with Crippen LogP contribution in [0.3, 0.4) is 0 Å². The van der Waals surface area contributed by atoms with Gasteiger partial charge in [0.2, 0.25) is 0 Å². The number of pyridine rings is 1. The molecular formula is C11H13F3N2. The summed E-state index contributed by atoms with van der Waals surface area (Å²) in [7, 11) is 0. The molecule has 16 heavy (non-hydrogen) atoms. The van der Waals surface area contributed by atoms with Gasteiger partial charge in [0, 0.05) is 5.92 Å². The van der Waals surface area contributed by atoms with Crippen LogP contribution in [0.25, 0.3) is 0 Å². The van der Waals surface area contributed by atoms with Crippen LogP contribution >= 0.6 is 0 Å². The van der Waals surface area contributed by atoms with Crippen molar-refractivity contribution in [3.05, 3.63) is 23.4 Å². The standard InChI is InChI=1S/C11H13F3N2/c12-11(13,14)8-5-6-9(15)16-10(8)7-3-1-2-4-7/h5-7H,1-4H2,(H2,15,16). The second-order valence-electron chi connectivity index (χ2n) is 4.15. The number of anilines is 1. The molecule has 0 bridgehead atoms. The zero-order valence-electron chi connectivity index (χ0n) is 8.72. The fraction of sp³-hybridized carbons (Fsp3) is 0.545. The monoisotopic (exact) mass is 230 g/mol. The summed E-state index contributed by atoms with van der Waals surface area (Å²) in [4.78, 5) is 3.88. The number of nitrogen functional groups attached to an aromatic ring is 1. The molecule has 2 N–H and O–H groups in total. The molecule has 1 aromatic heterocycles. The molecule has 1 fully saturated rings. The summed E-state index contributed by atoms with van der Waals surface area (Å²) < 4.78 is 38.3. The van der Waals surface area contributed by atoms with E-state index in [1.807, 2.05) is 0 Å². The fourth-order valence-electron chi connectivity index (χ4n) is 2.24. The second kappa shape index (κ2) is 3.96. The quantitative estimate of drug-likeness (QED) is 0.803. The molecule has 0 unspecified atom stereocenters. The van der Waals surface area contributed by atoms with Crippen LogP contribution in [0.5, 0.6) is 0 Å². The third-order valence-electron chi connectivity index (χ3n) is 2.99. The Kier molecular flexibility index (Phi) is 2.78. The van der Waals surface area contributed by atoms with Crippen LogP contribution in [0.15, 0.2) is 12.1 Å². The Morgan fingerprint density at radius 3 is 2.38 bits per heavy atom. The van der Waals surface area contributed by atoms with Crippen LogP contribution in [0, 0.1) is 0 Å². The van der Waals surface area contributed by atoms with Crippen LogP contribution in [0.4, 0.5) is 19.0 Å². The van der Waals surface area contributed by atoms with Gasteiger partial charge in [-0.3, -0.25) is 0 Å². The maximum Gasteiger partial charge on any atom is 0.418 e. The summed E-state index contributed by atoms with van der Waals surface area (Å²) in [5, 5.41) is 0. The smallest absolute Gasteiger partial charge is 0.384 e. The lowest BCUT2D eigenvalue weighted by Crippen LogP contribution is -2.13. The lowest BCUT2D eigenvalue weighted by atomic mass is 9.98. The van der Waals surface area contributed by atoms with Crippen molar-refractivity contribution in [3.8, 4) is 0 Å². The van der Waals surface area contributed by atoms with E-state index in [9.17, 15) is 13.2 Å². The predicted octanol–water partition coefficient (Wildman–Crippen LogP) is 3.34. The maximum atomic E-state index is 12.8. The van der Waals surface area contributed by atoms with Gasteiger partial charge in [-0.15, -0.1) is 0 Å². The van der Waals surface area contributed by atoms with Gasteiger partial charge in [0.05, 0.1) is 11.3 Å². The highest BCUT2D eigenvalue weighted by Gasteiger charge is 2.36. The highest BCUT2D eigenvalue weighted by atomic mass is 19.4. The third kappa shape index (κ3) is 2.13. The van der Waals surface area contributed by atoms with Crippen molar-refractivity contribution in [2.24, 2.45) is 0 Å². The van der Waals surface area contributed by atoms with Crippen LogP contribution in [0.1, 0.15) is 42.9 Å². The molecule has 0 radical (unpaired) electrons. The first-order valence-electron chi connectivity index (χ1n) is 5.32. The van der Waals surface area contributed by atoms with Crippen LogP contribution in [0.2, 0.25) is 0 Å². The highest BCUT2D eigenvalue weighted by molar-refractivity contribution is 5.37. The number of aromatic nitrogens is 1. The van der Waals surface area contributed by atoms with E-state index in [1.54, 1.807) is 0 Å². The second-order valence-corrected chi connectivity index (χ2v) is 4.15. The van der Waals surface area contributed by atoms with E-state index in [4.69, 9.17) is 5.73 Å². The Bertz CT molecular complexity index is 381. The average Bonchev–Trinajstić information content (AvgIpc) is 2.68. The zero-order valence-corrected chi connectivity index (χ0v) is 8.72.